The Kier molecular flexibility index (Phi) is 2.22. The molecule has 0 saturated heterocycles. The molecule has 0 fully saturated rings. The molecule has 3 rings (SSSR count). The van der Waals surface area contributed by atoms with Gasteiger partial charge in [0.1, 0.15) is 5.69 Å². The average molecular weight is 223 g/mol. The van der Waals surface area contributed by atoms with Crippen molar-refractivity contribution in [2.45, 2.75) is 13.8 Å². The molecule has 0 unspecified atom stereocenters. The summed E-state index contributed by atoms with van der Waals surface area (Å²) >= 11 is 0. The van der Waals surface area contributed by atoms with Crippen LogP contribution in [0.3, 0.4) is 0 Å². The van der Waals surface area contributed by atoms with Crippen molar-refractivity contribution in [2.75, 3.05) is 0 Å². The number of rotatable bonds is 1. The minimum absolute atomic E-state index is 0.854. The fraction of sp³-hybridized carbons (Fsp3) is 0.133. The third-order valence-corrected chi connectivity index (χ3v) is 3.13. The van der Waals surface area contributed by atoms with Crippen LogP contribution in [-0.2, 0) is 0 Å². The molecule has 17 heavy (non-hydrogen) atoms. The summed E-state index contributed by atoms with van der Waals surface area (Å²) in [6.07, 6.45) is 0. The minimum atomic E-state index is 0.854. The number of hydrogen-bond acceptors (Lipinski definition) is 2. The largest absolute Gasteiger partial charge is 0.356 e. The molecule has 0 aliphatic rings. The van der Waals surface area contributed by atoms with Crippen LogP contribution in [0.1, 0.15) is 11.1 Å². The van der Waals surface area contributed by atoms with Crippen LogP contribution in [0.2, 0.25) is 0 Å². The fourth-order valence-electron chi connectivity index (χ4n) is 2.00. The lowest BCUT2D eigenvalue weighted by Gasteiger charge is -1.99. The Morgan fingerprint density at radius 2 is 1.65 bits per heavy atom. The fourth-order valence-corrected chi connectivity index (χ4v) is 2.00. The molecule has 0 radical (unpaired) electrons. The summed E-state index contributed by atoms with van der Waals surface area (Å²) < 4.78 is 5.39. The molecule has 0 atom stereocenters. The second-order valence-electron chi connectivity index (χ2n) is 4.33. The SMILES string of the molecule is Cc1cc2onc(-c3ccccc3)c2cc1C. The number of benzene rings is 2. The molecule has 0 N–H and O–H groups in total. The van der Waals surface area contributed by atoms with Crippen molar-refractivity contribution < 1.29 is 4.52 Å². The topological polar surface area (TPSA) is 26.0 Å². The lowest BCUT2D eigenvalue weighted by Crippen LogP contribution is -1.81. The van der Waals surface area contributed by atoms with Gasteiger partial charge < -0.3 is 4.52 Å². The zero-order valence-corrected chi connectivity index (χ0v) is 9.90. The smallest absolute Gasteiger partial charge is 0.167 e. The van der Waals surface area contributed by atoms with E-state index < -0.39 is 0 Å². The molecule has 0 amide bonds. The number of nitrogens with zero attached hydrogens (tertiary/aromatic N) is 1. The predicted molar refractivity (Wildman–Crippen MR) is 68.9 cm³/mol. The van der Waals surface area contributed by atoms with Crippen molar-refractivity contribution in [2.24, 2.45) is 0 Å². The molecular formula is C15H13NO. The molecule has 1 aromatic heterocycles. The lowest BCUT2D eigenvalue weighted by atomic mass is 10.0. The molecule has 2 aromatic carbocycles. The van der Waals surface area contributed by atoms with E-state index in [-0.39, 0.29) is 0 Å². The number of hydrogen-bond donors (Lipinski definition) is 0. The highest BCUT2D eigenvalue weighted by Crippen LogP contribution is 2.29. The van der Waals surface area contributed by atoms with Crippen LogP contribution in [0.15, 0.2) is 47.0 Å². The normalized spacial score (nSPS) is 10.9. The summed E-state index contributed by atoms with van der Waals surface area (Å²) in [5, 5.41) is 5.26. The van der Waals surface area contributed by atoms with Crippen molar-refractivity contribution in [1.82, 2.24) is 5.16 Å². The van der Waals surface area contributed by atoms with Crippen LogP contribution in [0.25, 0.3) is 22.2 Å². The van der Waals surface area contributed by atoms with Gasteiger partial charge in [0.15, 0.2) is 5.58 Å². The minimum Gasteiger partial charge on any atom is -0.356 e. The Labute approximate surface area is 99.9 Å². The summed E-state index contributed by atoms with van der Waals surface area (Å²) in [6, 6.07) is 14.3. The van der Waals surface area contributed by atoms with E-state index in [9.17, 15) is 0 Å². The maximum atomic E-state index is 5.39. The highest BCUT2D eigenvalue weighted by Gasteiger charge is 2.10. The molecular weight excluding hydrogens is 210 g/mol. The number of aromatic nitrogens is 1. The quantitative estimate of drug-likeness (QED) is 0.620. The second-order valence-corrected chi connectivity index (χ2v) is 4.33. The molecule has 3 aromatic rings. The van der Waals surface area contributed by atoms with Crippen molar-refractivity contribution in [3.63, 3.8) is 0 Å². The van der Waals surface area contributed by atoms with Crippen LogP contribution in [0.4, 0.5) is 0 Å². The summed E-state index contributed by atoms with van der Waals surface area (Å²) in [7, 11) is 0. The number of aryl methyl sites for hydroxylation is 2. The highest BCUT2D eigenvalue weighted by atomic mass is 16.5. The maximum Gasteiger partial charge on any atom is 0.167 e. The van der Waals surface area contributed by atoms with Crippen molar-refractivity contribution in [1.29, 1.82) is 0 Å². The van der Waals surface area contributed by atoms with Crippen molar-refractivity contribution >= 4 is 11.0 Å². The maximum absolute atomic E-state index is 5.39. The molecule has 0 aliphatic heterocycles. The van der Waals surface area contributed by atoms with E-state index in [1.165, 1.54) is 11.1 Å². The summed E-state index contributed by atoms with van der Waals surface area (Å²) in [5.41, 5.74) is 5.36. The van der Waals surface area contributed by atoms with E-state index in [0.29, 0.717) is 0 Å². The zero-order valence-electron chi connectivity index (χ0n) is 9.90. The first-order chi connectivity index (χ1) is 8.25. The predicted octanol–water partition coefficient (Wildman–Crippen LogP) is 4.11. The third-order valence-electron chi connectivity index (χ3n) is 3.13. The summed E-state index contributed by atoms with van der Waals surface area (Å²) in [6.45, 7) is 4.19. The van der Waals surface area contributed by atoms with Gasteiger partial charge in [-0.2, -0.15) is 0 Å². The van der Waals surface area contributed by atoms with Crippen LogP contribution >= 0.6 is 0 Å². The monoisotopic (exact) mass is 223 g/mol. The van der Waals surface area contributed by atoms with Gasteiger partial charge in [-0.25, -0.2) is 0 Å². The first kappa shape index (κ1) is 10.1. The van der Waals surface area contributed by atoms with Crippen molar-refractivity contribution in [3.8, 4) is 11.3 Å². The molecule has 84 valence electrons. The molecule has 0 aliphatic carbocycles. The zero-order chi connectivity index (χ0) is 11.8. The van der Waals surface area contributed by atoms with E-state index in [1.807, 2.05) is 36.4 Å². The number of fused-ring (bicyclic) bond motifs is 1. The van der Waals surface area contributed by atoms with Gasteiger partial charge in [-0.1, -0.05) is 35.5 Å². The molecule has 0 spiro atoms. The van der Waals surface area contributed by atoms with E-state index in [1.54, 1.807) is 0 Å². The van der Waals surface area contributed by atoms with E-state index >= 15 is 0 Å². The average Bonchev–Trinajstić information content (AvgIpc) is 2.74. The highest BCUT2D eigenvalue weighted by molar-refractivity contribution is 5.92. The molecule has 0 saturated carbocycles. The van der Waals surface area contributed by atoms with E-state index in [2.05, 4.69) is 25.1 Å². The Morgan fingerprint density at radius 1 is 0.941 bits per heavy atom. The first-order valence-corrected chi connectivity index (χ1v) is 5.68. The van der Waals surface area contributed by atoms with Gasteiger partial charge in [-0.15, -0.1) is 0 Å². The Bertz CT molecular complexity index is 668. The van der Waals surface area contributed by atoms with Gasteiger partial charge >= 0.3 is 0 Å². The molecule has 2 nitrogen and oxygen atoms in total. The van der Waals surface area contributed by atoms with Gasteiger partial charge in [0, 0.05) is 10.9 Å². The first-order valence-electron chi connectivity index (χ1n) is 5.68. The standard InChI is InChI=1S/C15H13NO/c1-10-8-13-14(9-11(10)2)17-16-15(13)12-6-4-3-5-7-12/h3-9H,1-2H3. The second kappa shape index (κ2) is 3.74. The van der Waals surface area contributed by atoms with Gasteiger partial charge in [-0.3, -0.25) is 0 Å². The Balaban J connectivity index is 2.29. The van der Waals surface area contributed by atoms with Crippen LogP contribution in [-0.4, -0.2) is 5.16 Å². The van der Waals surface area contributed by atoms with E-state index in [0.717, 1.165) is 22.2 Å². The van der Waals surface area contributed by atoms with Gasteiger partial charge in [0.05, 0.1) is 0 Å². The van der Waals surface area contributed by atoms with Gasteiger partial charge in [-0.05, 0) is 37.1 Å². The molecule has 0 bridgehead atoms. The molecule has 2 heteroatoms. The molecule has 1 heterocycles. The summed E-state index contributed by atoms with van der Waals surface area (Å²) in [5.74, 6) is 0. The lowest BCUT2D eigenvalue weighted by molar-refractivity contribution is 0.459. The van der Waals surface area contributed by atoms with E-state index in [4.69, 9.17) is 4.52 Å². The third kappa shape index (κ3) is 1.62. The van der Waals surface area contributed by atoms with Crippen LogP contribution < -0.4 is 0 Å². The van der Waals surface area contributed by atoms with Crippen LogP contribution in [0, 0.1) is 13.8 Å². The van der Waals surface area contributed by atoms with Gasteiger partial charge in [0.2, 0.25) is 0 Å². The Hall–Kier alpha value is -2.09. The Morgan fingerprint density at radius 3 is 2.41 bits per heavy atom. The van der Waals surface area contributed by atoms with Crippen LogP contribution in [0.5, 0.6) is 0 Å². The summed E-state index contributed by atoms with van der Waals surface area (Å²) in [4.78, 5) is 0. The van der Waals surface area contributed by atoms with Gasteiger partial charge in [0.25, 0.3) is 0 Å². The van der Waals surface area contributed by atoms with Crippen molar-refractivity contribution in [3.05, 3.63) is 53.6 Å².